The molecule has 2 heteroatoms. The highest BCUT2D eigenvalue weighted by atomic mass is 35.5. The second kappa shape index (κ2) is 4.49. The number of benzene rings is 1. The topological polar surface area (TPSA) is 12.0 Å². The van der Waals surface area contributed by atoms with Crippen LogP contribution >= 0.6 is 11.6 Å². The van der Waals surface area contributed by atoms with Crippen LogP contribution in [0, 0.1) is 16.7 Å². The molecule has 1 nitrogen and oxygen atoms in total. The Labute approximate surface area is 133 Å². The maximum Gasteiger partial charge on any atom is 0.0408 e. The van der Waals surface area contributed by atoms with Crippen LogP contribution in [0.25, 0.3) is 0 Å². The van der Waals surface area contributed by atoms with E-state index in [2.05, 4.69) is 38.2 Å². The van der Waals surface area contributed by atoms with Gasteiger partial charge in [0.2, 0.25) is 0 Å². The van der Waals surface area contributed by atoms with Gasteiger partial charge in [0.1, 0.15) is 0 Å². The molecular weight excluding hydrogens is 278 g/mol. The molecule has 0 spiro atoms. The molecule has 1 aromatic rings. The van der Waals surface area contributed by atoms with Crippen LogP contribution in [0.1, 0.15) is 51.2 Å². The van der Waals surface area contributed by atoms with Crippen LogP contribution in [0.5, 0.6) is 0 Å². The third-order valence-corrected chi connectivity index (χ3v) is 7.01. The molecule has 0 heterocycles. The lowest BCUT2D eigenvalue weighted by atomic mass is 9.68. The molecule has 4 atom stereocenters. The van der Waals surface area contributed by atoms with Crippen molar-refractivity contribution in [2.75, 3.05) is 0 Å². The summed E-state index contributed by atoms with van der Waals surface area (Å²) in [5.41, 5.74) is 3.90. The first kappa shape index (κ1) is 14.1. The van der Waals surface area contributed by atoms with Gasteiger partial charge in [-0.15, -0.1) is 0 Å². The molecule has 0 radical (unpaired) electrons. The van der Waals surface area contributed by atoms with E-state index in [0.29, 0.717) is 22.9 Å². The van der Waals surface area contributed by atoms with Crippen molar-refractivity contribution in [3.05, 3.63) is 34.3 Å². The standard InChI is InChI=1S/C19H26ClN/c1-18(2)14-6-7-19(3,11-14)17(18)21-16-9-12-4-5-15(20)8-13(12)10-16/h4-5,8,14,16-17,21H,6-7,9-11H2,1-3H3. The second-order valence-corrected chi connectivity index (χ2v) is 8.97. The van der Waals surface area contributed by atoms with Gasteiger partial charge in [-0.05, 0) is 72.1 Å². The zero-order valence-electron chi connectivity index (χ0n) is 13.4. The van der Waals surface area contributed by atoms with Crippen LogP contribution in [-0.2, 0) is 12.8 Å². The summed E-state index contributed by atoms with van der Waals surface area (Å²) in [5, 5.41) is 4.94. The molecule has 4 rings (SSSR count). The summed E-state index contributed by atoms with van der Waals surface area (Å²) in [6.07, 6.45) is 6.57. The fourth-order valence-corrected chi connectivity index (χ4v) is 5.85. The first-order valence-corrected chi connectivity index (χ1v) is 8.80. The molecule has 1 aromatic carbocycles. The van der Waals surface area contributed by atoms with Gasteiger partial charge in [-0.2, -0.15) is 0 Å². The number of halogens is 1. The van der Waals surface area contributed by atoms with E-state index in [1.54, 1.807) is 0 Å². The molecule has 0 aromatic heterocycles. The summed E-state index contributed by atoms with van der Waals surface area (Å²) in [6.45, 7) is 7.48. The summed E-state index contributed by atoms with van der Waals surface area (Å²) in [4.78, 5) is 0. The minimum atomic E-state index is 0.444. The maximum absolute atomic E-state index is 6.14. The van der Waals surface area contributed by atoms with Crippen molar-refractivity contribution in [1.29, 1.82) is 0 Å². The van der Waals surface area contributed by atoms with E-state index in [1.165, 1.54) is 36.8 Å². The van der Waals surface area contributed by atoms with E-state index >= 15 is 0 Å². The quantitative estimate of drug-likeness (QED) is 0.841. The highest BCUT2D eigenvalue weighted by Crippen LogP contribution is 2.62. The number of nitrogens with one attached hydrogen (secondary N) is 1. The van der Waals surface area contributed by atoms with Gasteiger partial charge in [0, 0.05) is 17.1 Å². The molecule has 4 unspecified atom stereocenters. The van der Waals surface area contributed by atoms with Gasteiger partial charge in [0.25, 0.3) is 0 Å². The highest BCUT2D eigenvalue weighted by Gasteiger charge is 2.59. The van der Waals surface area contributed by atoms with Crippen molar-refractivity contribution in [1.82, 2.24) is 5.32 Å². The Hall–Kier alpha value is -0.530. The van der Waals surface area contributed by atoms with Crippen molar-refractivity contribution < 1.29 is 0 Å². The average molecular weight is 304 g/mol. The normalized spacial score (nSPS) is 39.7. The van der Waals surface area contributed by atoms with Gasteiger partial charge in [0.15, 0.2) is 0 Å². The van der Waals surface area contributed by atoms with Crippen LogP contribution in [-0.4, -0.2) is 12.1 Å². The zero-order valence-corrected chi connectivity index (χ0v) is 14.1. The molecule has 2 bridgehead atoms. The zero-order chi connectivity index (χ0) is 14.8. The number of hydrogen-bond donors (Lipinski definition) is 1. The van der Waals surface area contributed by atoms with Crippen molar-refractivity contribution >= 4 is 11.6 Å². The second-order valence-electron chi connectivity index (χ2n) is 8.53. The predicted octanol–water partition coefficient (Wildman–Crippen LogP) is 4.61. The fraction of sp³-hybridized carbons (Fsp3) is 0.684. The Bertz CT molecular complexity index is 574. The summed E-state index contributed by atoms with van der Waals surface area (Å²) in [6, 6.07) is 7.67. The Kier molecular flexibility index (Phi) is 3.01. The van der Waals surface area contributed by atoms with Crippen molar-refractivity contribution in [2.24, 2.45) is 16.7 Å². The Morgan fingerprint density at radius 3 is 2.62 bits per heavy atom. The maximum atomic E-state index is 6.14. The minimum absolute atomic E-state index is 0.444. The average Bonchev–Trinajstić information content (AvgIpc) is 3.03. The Balaban J connectivity index is 1.53. The van der Waals surface area contributed by atoms with E-state index in [1.807, 2.05) is 6.07 Å². The lowest BCUT2D eigenvalue weighted by Crippen LogP contribution is -2.54. The predicted molar refractivity (Wildman–Crippen MR) is 88.8 cm³/mol. The van der Waals surface area contributed by atoms with E-state index in [4.69, 9.17) is 11.6 Å². The molecule has 0 amide bonds. The largest absolute Gasteiger partial charge is 0.309 e. The van der Waals surface area contributed by atoms with E-state index in [0.717, 1.165) is 17.4 Å². The molecule has 0 aliphatic heterocycles. The Morgan fingerprint density at radius 1 is 1.14 bits per heavy atom. The third-order valence-electron chi connectivity index (χ3n) is 6.77. The van der Waals surface area contributed by atoms with Gasteiger partial charge in [-0.1, -0.05) is 38.4 Å². The molecule has 21 heavy (non-hydrogen) atoms. The molecule has 0 saturated heterocycles. The van der Waals surface area contributed by atoms with Gasteiger partial charge in [-0.25, -0.2) is 0 Å². The van der Waals surface area contributed by atoms with Gasteiger partial charge < -0.3 is 5.32 Å². The number of fused-ring (bicyclic) bond motifs is 3. The third kappa shape index (κ3) is 2.08. The smallest absolute Gasteiger partial charge is 0.0408 e. The molecule has 1 N–H and O–H groups in total. The van der Waals surface area contributed by atoms with Crippen molar-refractivity contribution in [2.45, 2.75) is 65.0 Å². The highest BCUT2D eigenvalue weighted by molar-refractivity contribution is 6.30. The van der Waals surface area contributed by atoms with Gasteiger partial charge in [0.05, 0.1) is 0 Å². The lowest BCUT2D eigenvalue weighted by molar-refractivity contribution is 0.0993. The summed E-state index contributed by atoms with van der Waals surface area (Å²) >= 11 is 6.14. The first-order chi connectivity index (χ1) is 9.88. The lowest BCUT2D eigenvalue weighted by Gasteiger charge is -2.44. The summed E-state index contributed by atoms with van der Waals surface area (Å²) in [7, 11) is 0. The van der Waals surface area contributed by atoms with E-state index in [-0.39, 0.29) is 0 Å². The van der Waals surface area contributed by atoms with Crippen LogP contribution in [0.4, 0.5) is 0 Å². The number of rotatable bonds is 2. The molecular formula is C19H26ClN. The van der Waals surface area contributed by atoms with Crippen LogP contribution < -0.4 is 5.32 Å². The van der Waals surface area contributed by atoms with Gasteiger partial charge in [-0.3, -0.25) is 0 Å². The van der Waals surface area contributed by atoms with Crippen LogP contribution in [0.15, 0.2) is 18.2 Å². The molecule has 3 aliphatic carbocycles. The molecule has 2 fully saturated rings. The molecule has 3 aliphatic rings. The number of hydrogen-bond acceptors (Lipinski definition) is 1. The first-order valence-electron chi connectivity index (χ1n) is 8.42. The van der Waals surface area contributed by atoms with Crippen LogP contribution in [0.2, 0.25) is 5.02 Å². The molecule has 114 valence electrons. The van der Waals surface area contributed by atoms with Crippen molar-refractivity contribution in [3.63, 3.8) is 0 Å². The summed E-state index contributed by atoms with van der Waals surface area (Å²) < 4.78 is 0. The van der Waals surface area contributed by atoms with Crippen molar-refractivity contribution in [3.8, 4) is 0 Å². The SMILES string of the molecule is CC12CCC(C1)C(C)(C)C2NC1Cc2ccc(Cl)cc2C1. The van der Waals surface area contributed by atoms with E-state index < -0.39 is 0 Å². The van der Waals surface area contributed by atoms with Crippen LogP contribution in [0.3, 0.4) is 0 Å². The monoisotopic (exact) mass is 303 g/mol. The Morgan fingerprint density at radius 2 is 1.90 bits per heavy atom. The van der Waals surface area contributed by atoms with E-state index in [9.17, 15) is 0 Å². The fourth-order valence-electron chi connectivity index (χ4n) is 5.66. The van der Waals surface area contributed by atoms with Gasteiger partial charge >= 0.3 is 0 Å². The minimum Gasteiger partial charge on any atom is -0.309 e. The summed E-state index contributed by atoms with van der Waals surface area (Å²) in [5.74, 6) is 0.915. The molecule has 2 saturated carbocycles.